The highest BCUT2D eigenvalue weighted by molar-refractivity contribution is 5.93. The molecule has 0 fully saturated rings. The molecule has 19 heavy (non-hydrogen) atoms. The summed E-state index contributed by atoms with van der Waals surface area (Å²) in [6, 6.07) is 3.94. The van der Waals surface area contributed by atoms with Crippen LogP contribution in [0.4, 0.5) is 0 Å². The standard InChI is InChI=1S/C14H15N5/c1-15-7-11-8-19(2)14-12(11)13(17-9-18-14)10-3-5-16-6-4-10/h3-6,8-9,15H,7H2,1-2H3. The van der Waals surface area contributed by atoms with Crippen molar-refractivity contribution in [2.75, 3.05) is 7.05 Å². The van der Waals surface area contributed by atoms with Gasteiger partial charge in [-0.05, 0) is 24.7 Å². The topological polar surface area (TPSA) is 55.6 Å². The van der Waals surface area contributed by atoms with E-state index >= 15 is 0 Å². The van der Waals surface area contributed by atoms with Crippen LogP contribution >= 0.6 is 0 Å². The van der Waals surface area contributed by atoms with Gasteiger partial charge in [0.25, 0.3) is 0 Å². The maximum Gasteiger partial charge on any atom is 0.144 e. The Labute approximate surface area is 111 Å². The van der Waals surface area contributed by atoms with Crippen LogP contribution in [0.25, 0.3) is 22.3 Å². The van der Waals surface area contributed by atoms with Crippen molar-refractivity contribution in [1.82, 2.24) is 24.8 Å². The molecule has 5 nitrogen and oxygen atoms in total. The van der Waals surface area contributed by atoms with Crippen molar-refractivity contribution in [3.63, 3.8) is 0 Å². The number of hydrogen-bond acceptors (Lipinski definition) is 4. The maximum absolute atomic E-state index is 4.45. The molecule has 0 radical (unpaired) electrons. The molecular formula is C14H15N5. The second-order valence-electron chi connectivity index (χ2n) is 4.45. The number of nitrogens with zero attached hydrogens (tertiary/aromatic N) is 4. The Balaban J connectivity index is 2.30. The van der Waals surface area contributed by atoms with Gasteiger partial charge in [-0.2, -0.15) is 0 Å². The Morgan fingerprint density at radius 3 is 2.74 bits per heavy atom. The number of hydrogen-bond donors (Lipinski definition) is 1. The van der Waals surface area contributed by atoms with Gasteiger partial charge < -0.3 is 9.88 Å². The molecular weight excluding hydrogens is 238 g/mol. The van der Waals surface area contributed by atoms with Crippen molar-refractivity contribution in [3.8, 4) is 11.3 Å². The molecule has 3 aromatic rings. The molecule has 0 spiro atoms. The van der Waals surface area contributed by atoms with Crippen LogP contribution in [0.15, 0.2) is 37.1 Å². The molecule has 0 saturated carbocycles. The minimum absolute atomic E-state index is 0.794. The van der Waals surface area contributed by atoms with Crippen molar-refractivity contribution in [2.24, 2.45) is 7.05 Å². The predicted octanol–water partition coefficient (Wildman–Crippen LogP) is 1.75. The van der Waals surface area contributed by atoms with Crippen molar-refractivity contribution in [2.45, 2.75) is 6.54 Å². The first-order valence-corrected chi connectivity index (χ1v) is 6.15. The molecule has 0 aliphatic rings. The molecule has 96 valence electrons. The zero-order chi connectivity index (χ0) is 13.2. The molecule has 0 atom stereocenters. The first-order valence-electron chi connectivity index (χ1n) is 6.15. The summed E-state index contributed by atoms with van der Waals surface area (Å²) in [5, 5.41) is 4.29. The van der Waals surface area contributed by atoms with E-state index in [1.165, 1.54) is 5.56 Å². The molecule has 0 aliphatic carbocycles. The first-order chi connectivity index (χ1) is 9.31. The fraction of sp³-hybridized carbons (Fsp3) is 0.214. The zero-order valence-corrected chi connectivity index (χ0v) is 11.0. The van der Waals surface area contributed by atoms with Gasteiger partial charge in [0.15, 0.2) is 0 Å². The van der Waals surface area contributed by atoms with Crippen LogP contribution in [0.5, 0.6) is 0 Å². The quantitative estimate of drug-likeness (QED) is 0.772. The molecule has 3 rings (SSSR count). The van der Waals surface area contributed by atoms with E-state index in [9.17, 15) is 0 Å². The van der Waals surface area contributed by atoms with Crippen LogP contribution in [0.1, 0.15) is 5.56 Å². The van der Waals surface area contributed by atoms with Gasteiger partial charge >= 0.3 is 0 Å². The van der Waals surface area contributed by atoms with E-state index in [4.69, 9.17) is 0 Å². The number of pyridine rings is 1. The van der Waals surface area contributed by atoms with Crippen LogP contribution in [0, 0.1) is 0 Å². The van der Waals surface area contributed by atoms with E-state index < -0.39 is 0 Å². The van der Waals surface area contributed by atoms with Crippen LogP contribution in [0.3, 0.4) is 0 Å². The lowest BCUT2D eigenvalue weighted by atomic mass is 10.1. The molecule has 0 saturated heterocycles. The first kappa shape index (κ1) is 11.8. The number of fused-ring (bicyclic) bond motifs is 1. The molecule has 1 N–H and O–H groups in total. The summed E-state index contributed by atoms with van der Waals surface area (Å²) in [7, 11) is 3.94. The van der Waals surface area contributed by atoms with Gasteiger partial charge in [-0.15, -0.1) is 0 Å². The molecule has 3 heterocycles. The average molecular weight is 253 g/mol. The Morgan fingerprint density at radius 2 is 2.00 bits per heavy atom. The number of aromatic nitrogens is 4. The largest absolute Gasteiger partial charge is 0.335 e. The third-order valence-electron chi connectivity index (χ3n) is 3.15. The van der Waals surface area contributed by atoms with E-state index in [2.05, 4.69) is 26.5 Å². The molecule has 0 bridgehead atoms. The summed E-state index contributed by atoms with van der Waals surface area (Å²) in [5.74, 6) is 0. The van der Waals surface area contributed by atoms with Gasteiger partial charge in [-0.25, -0.2) is 9.97 Å². The lowest BCUT2D eigenvalue weighted by Crippen LogP contribution is -2.04. The second-order valence-corrected chi connectivity index (χ2v) is 4.45. The summed E-state index contributed by atoms with van der Waals surface area (Å²) in [6.07, 6.45) is 7.27. The SMILES string of the molecule is CNCc1cn(C)c2ncnc(-c3ccncc3)c12. The molecule has 3 aromatic heterocycles. The molecule has 5 heteroatoms. The van der Waals surface area contributed by atoms with E-state index in [0.717, 1.165) is 28.8 Å². The monoisotopic (exact) mass is 253 g/mol. The van der Waals surface area contributed by atoms with Crippen molar-refractivity contribution in [3.05, 3.63) is 42.6 Å². The number of aryl methyl sites for hydroxylation is 1. The zero-order valence-electron chi connectivity index (χ0n) is 11.0. The fourth-order valence-corrected chi connectivity index (χ4v) is 2.35. The van der Waals surface area contributed by atoms with Gasteiger partial charge in [0.1, 0.15) is 12.0 Å². The number of rotatable bonds is 3. The van der Waals surface area contributed by atoms with Crippen LogP contribution in [0.2, 0.25) is 0 Å². The summed E-state index contributed by atoms with van der Waals surface area (Å²) < 4.78 is 2.04. The Morgan fingerprint density at radius 1 is 1.21 bits per heavy atom. The Bertz CT molecular complexity index is 702. The van der Waals surface area contributed by atoms with Gasteiger partial charge in [0.05, 0.1) is 5.69 Å². The number of nitrogens with one attached hydrogen (secondary N) is 1. The van der Waals surface area contributed by atoms with Gasteiger partial charge in [-0.3, -0.25) is 4.98 Å². The summed E-state index contributed by atoms with van der Waals surface area (Å²) >= 11 is 0. The minimum atomic E-state index is 0.794. The Kier molecular flexibility index (Phi) is 2.97. The Hall–Kier alpha value is -2.27. The predicted molar refractivity (Wildman–Crippen MR) is 74.5 cm³/mol. The van der Waals surface area contributed by atoms with Crippen LogP contribution < -0.4 is 5.32 Å². The lowest BCUT2D eigenvalue weighted by molar-refractivity contribution is 0.815. The molecule has 0 amide bonds. The second kappa shape index (κ2) is 4.78. The van der Waals surface area contributed by atoms with Gasteiger partial charge in [0, 0.05) is 43.1 Å². The average Bonchev–Trinajstić information content (AvgIpc) is 2.77. The highest BCUT2D eigenvalue weighted by atomic mass is 15.0. The maximum atomic E-state index is 4.45. The lowest BCUT2D eigenvalue weighted by Gasteiger charge is -2.04. The molecule has 0 aromatic carbocycles. The summed E-state index contributed by atoms with van der Waals surface area (Å²) in [6.45, 7) is 0.794. The van der Waals surface area contributed by atoms with E-state index in [0.29, 0.717) is 0 Å². The molecule has 0 aliphatic heterocycles. The summed E-state index contributed by atoms with van der Waals surface area (Å²) in [5.41, 5.74) is 4.17. The fourth-order valence-electron chi connectivity index (χ4n) is 2.35. The van der Waals surface area contributed by atoms with Crippen LogP contribution in [-0.4, -0.2) is 26.6 Å². The van der Waals surface area contributed by atoms with Crippen LogP contribution in [-0.2, 0) is 13.6 Å². The highest BCUT2D eigenvalue weighted by Crippen LogP contribution is 2.28. The highest BCUT2D eigenvalue weighted by Gasteiger charge is 2.13. The van der Waals surface area contributed by atoms with E-state index in [-0.39, 0.29) is 0 Å². The summed E-state index contributed by atoms with van der Waals surface area (Å²) in [4.78, 5) is 12.9. The van der Waals surface area contributed by atoms with E-state index in [1.54, 1.807) is 18.7 Å². The van der Waals surface area contributed by atoms with Gasteiger partial charge in [-0.1, -0.05) is 0 Å². The minimum Gasteiger partial charge on any atom is -0.335 e. The van der Waals surface area contributed by atoms with Crippen molar-refractivity contribution < 1.29 is 0 Å². The van der Waals surface area contributed by atoms with Crippen molar-refractivity contribution in [1.29, 1.82) is 0 Å². The molecule has 0 unspecified atom stereocenters. The normalized spacial score (nSPS) is 11.1. The van der Waals surface area contributed by atoms with Gasteiger partial charge in [0.2, 0.25) is 0 Å². The van der Waals surface area contributed by atoms with E-state index in [1.807, 2.05) is 30.8 Å². The third kappa shape index (κ3) is 1.98. The van der Waals surface area contributed by atoms with Crippen molar-refractivity contribution >= 4 is 11.0 Å². The third-order valence-corrected chi connectivity index (χ3v) is 3.15. The smallest absolute Gasteiger partial charge is 0.144 e.